The summed E-state index contributed by atoms with van der Waals surface area (Å²) in [4.78, 5) is 23.9. The number of anilines is 1. The Bertz CT molecular complexity index is 1240. The molecular weight excluding hydrogens is 436 g/mol. The molecule has 1 aliphatic heterocycles. The SMILES string of the molecule is O=C(Nc1cccc2ccc(-c3ccccc3OCCN3CCOCC3)nc12)c1cscn1. The number of hydrogen-bond donors (Lipinski definition) is 1. The summed E-state index contributed by atoms with van der Waals surface area (Å²) in [5.41, 5.74) is 5.12. The fraction of sp³-hybridized carbons (Fsp3) is 0.240. The van der Waals surface area contributed by atoms with E-state index in [1.54, 1.807) is 10.9 Å². The number of benzene rings is 2. The number of rotatable bonds is 7. The summed E-state index contributed by atoms with van der Waals surface area (Å²) in [5.74, 6) is 0.546. The molecule has 0 bridgehead atoms. The Morgan fingerprint density at radius 2 is 1.97 bits per heavy atom. The molecule has 33 heavy (non-hydrogen) atoms. The average Bonchev–Trinajstić information content (AvgIpc) is 3.40. The summed E-state index contributed by atoms with van der Waals surface area (Å²) >= 11 is 1.39. The van der Waals surface area contributed by atoms with Gasteiger partial charge in [-0.2, -0.15) is 0 Å². The molecule has 4 aromatic rings. The van der Waals surface area contributed by atoms with Crippen molar-refractivity contribution in [2.24, 2.45) is 0 Å². The van der Waals surface area contributed by atoms with Gasteiger partial charge in [0.15, 0.2) is 0 Å². The predicted molar refractivity (Wildman–Crippen MR) is 130 cm³/mol. The number of morpholine rings is 1. The van der Waals surface area contributed by atoms with Gasteiger partial charge in [0.2, 0.25) is 0 Å². The first-order chi connectivity index (χ1) is 16.3. The Morgan fingerprint density at radius 1 is 1.09 bits per heavy atom. The van der Waals surface area contributed by atoms with Crippen molar-refractivity contribution in [2.75, 3.05) is 44.8 Å². The zero-order valence-electron chi connectivity index (χ0n) is 18.1. The highest BCUT2D eigenvalue weighted by molar-refractivity contribution is 7.07. The molecule has 0 spiro atoms. The minimum atomic E-state index is -0.247. The van der Waals surface area contributed by atoms with Crippen molar-refractivity contribution >= 4 is 33.8 Å². The van der Waals surface area contributed by atoms with Crippen LogP contribution >= 0.6 is 11.3 Å². The van der Waals surface area contributed by atoms with Gasteiger partial charge in [-0.25, -0.2) is 9.97 Å². The fourth-order valence-electron chi connectivity index (χ4n) is 3.82. The number of para-hydroxylation sites is 2. The first kappa shape index (κ1) is 21.5. The van der Waals surface area contributed by atoms with Gasteiger partial charge in [-0.15, -0.1) is 11.3 Å². The molecule has 8 heteroatoms. The number of carbonyl (C=O) groups is 1. The van der Waals surface area contributed by atoms with Crippen LogP contribution in [0.5, 0.6) is 5.75 Å². The van der Waals surface area contributed by atoms with Crippen molar-refractivity contribution in [1.29, 1.82) is 0 Å². The van der Waals surface area contributed by atoms with E-state index in [2.05, 4.69) is 15.2 Å². The quantitative estimate of drug-likeness (QED) is 0.443. The molecule has 0 atom stereocenters. The van der Waals surface area contributed by atoms with Crippen molar-refractivity contribution in [3.05, 3.63) is 71.2 Å². The van der Waals surface area contributed by atoms with Crippen LogP contribution in [0.2, 0.25) is 0 Å². The maximum atomic E-state index is 12.6. The third-order valence-corrected chi connectivity index (χ3v) is 6.15. The van der Waals surface area contributed by atoms with Crippen molar-refractivity contribution in [3.63, 3.8) is 0 Å². The van der Waals surface area contributed by atoms with Crippen molar-refractivity contribution in [1.82, 2.24) is 14.9 Å². The van der Waals surface area contributed by atoms with Gasteiger partial charge >= 0.3 is 0 Å². The first-order valence-corrected chi connectivity index (χ1v) is 11.8. The third kappa shape index (κ3) is 5.03. The number of pyridine rings is 1. The topological polar surface area (TPSA) is 76.6 Å². The largest absolute Gasteiger partial charge is 0.492 e. The van der Waals surface area contributed by atoms with E-state index < -0.39 is 0 Å². The Kier molecular flexibility index (Phi) is 6.57. The van der Waals surface area contributed by atoms with Crippen LogP contribution in [-0.2, 0) is 4.74 Å². The van der Waals surface area contributed by atoms with Crippen molar-refractivity contribution in [3.8, 4) is 17.0 Å². The lowest BCUT2D eigenvalue weighted by atomic mass is 10.1. The third-order valence-electron chi connectivity index (χ3n) is 5.57. The summed E-state index contributed by atoms with van der Waals surface area (Å²) in [6.45, 7) is 4.88. The van der Waals surface area contributed by atoms with Gasteiger partial charge in [0, 0.05) is 36.0 Å². The second kappa shape index (κ2) is 10.1. The molecular formula is C25H24N4O3S. The Morgan fingerprint density at radius 3 is 2.82 bits per heavy atom. The molecule has 0 unspecified atom stereocenters. The van der Waals surface area contributed by atoms with Crippen LogP contribution in [0.4, 0.5) is 5.69 Å². The molecule has 0 aliphatic carbocycles. The molecule has 2 aromatic heterocycles. The maximum Gasteiger partial charge on any atom is 0.275 e. The van der Waals surface area contributed by atoms with Crippen LogP contribution in [-0.4, -0.2) is 60.2 Å². The maximum absolute atomic E-state index is 12.6. The van der Waals surface area contributed by atoms with Crippen LogP contribution in [0, 0.1) is 0 Å². The van der Waals surface area contributed by atoms with Gasteiger partial charge in [0.05, 0.1) is 35.6 Å². The lowest BCUT2D eigenvalue weighted by molar-refractivity contribution is 0.0323. The van der Waals surface area contributed by atoms with Gasteiger partial charge < -0.3 is 14.8 Å². The molecule has 3 heterocycles. The molecule has 168 valence electrons. The van der Waals surface area contributed by atoms with E-state index in [-0.39, 0.29) is 5.91 Å². The summed E-state index contributed by atoms with van der Waals surface area (Å²) in [6, 6.07) is 17.7. The zero-order chi connectivity index (χ0) is 22.5. The number of thiazole rings is 1. The van der Waals surface area contributed by atoms with E-state index in [9.17, 15) is 4.79 Å². The number of nitrogens with one attached hydrogen (secondary N) is 1. The monoisotopic (exact) mass is 460 g/mol. The van der Waals surface area contributed by atoms with Crippen LogP contribution in [0.25, 0.3) is 22.2 Å². The number of aromatic nitrogens is 2. The van der Waals surface area contributed by atoms with Gasteiger partial charge in [0.25, 0.3) is 5.91 Å². The summed E-state index contributed by atoms with van der Waals surface area (Å²) in [7, 11) is 0. The second-order valence-corrected chi connectivity index (χ2v) is 8.42. The first-order valence-electron chi connectivity index (χ1n) is 10.9. The molecule has 0 radical (unpaired) electrons. The lowest BCUT2D eigenvalue weighted by Crippen LogP contribution is -2.38. The summed E-state index contributed by atoms with van der Waals surface area (Å²) < 4.78 is 11.6. The van der Waals surface area contributed by atoms with Gasteiger partial charge in [0.1, 0.15) is 18.1 Å². The number of carbonyl (C=O) groups excluding carboxylic acids is 1. The highest BCUT2D eigenvalue weighted by Gasteiger charge is 2.14. The molecule has 0 saturated carbocycles. The minimum Gasteiger partial charge on any atom is -0.492 e. The van der Waals surface area contributed by atoms with E-state index >= 15 is 0 Å². The van der Waals surface area contributed by atoms with Crippen LogP contribution in [0.1, 0.15) is 10.5 Å². The highest BCUT2D eigenvalue weighted by Crippen LogP contribution is 2.31. The van der Waals surface area contributed by atoms with Gasteiger partial charge in [-0.05, 0) is 24.3 Å². The summed E-state index contributed by atoms with van der Waals surface area (Å²) in [5, 5.41) is 5.62. The molecule has 2 aromatic carbocycles. The minimum absolute atomic E-state index is 0.247. The fourth-order valence-corrected chi connectivity index (χ4v) is 4.35. The number of ether oxygens (including phenoxy) is 2. The highest BCUT2D eigenvalue weighted by atomic mass is 32.1. The smallest absolute Gasteiger partial charge is 0.275 e. The van der Waals surface area contributed by atoms with Crippen LogP contribution in [0.15, 0.2) is 65.5 Å². The normalized spacial score (nSPS) is 14.3. The van der Waals surface area contributed by atoms with Crippen molar-refractivity contribution < 1.29 is 14.3 Å². The molecule has 1 amide bonds. The Hall–Kier alpha value is -3.33. The van der Waals surface area contributed by atoms with E-state index in [0.29, 0.717) is 18.0 Å². The predicted octanol–water partition coefficient (Wildman–Crippen LogP) is 4.32. The van der Waals surface area contributed by atoms with Crippen LogP contribution < -0.4 is 10.1 Å². The second-order valence-electron chi connectivity index (χ2n) is 7.70. The Labute approximate surface area is 196 Å². The molecule has 1 aliphatic rings. The number of amides is 1. The number of fused-ring (bicyclic) bond motifs is 1. The summed E-state index contributed by atoms with van der Waals surface area (Å²) in [6.07, 6.45) is 0. The van der Waals surface area contributed by atoms with E-state index in [1.807, 2.05) is 54.6 Å². The van der Waals surface area contributed by atoms with Gasteiger partial charge in [-0.1, -0.05) is 30.3 Å². The standard InChI is InChI=1S/C25H24N4O3S/c30-25(22-16-33-17-26-22)28-21-6-3-4-18-8-9-20(27-24(18)21)19-5-1-2-7-23(19)32-15-12-29-10-13-31-14-11-29/h1-9,16-17H,10-15H2,(H,28,30). The molecule has 1 fully saturated rings. The Balaban J connectivity index is 1.39. The molecule has 5 rings (SSSR count). The van der Waals surface area contributed by atoms with E-state index in [4.69, 9.17) is 14.5 Å². The van der Waals surface area contributed by atoms with E-state index in [0.717, 1.165) is 60.8 Å². The average molecular weight is 461 g/mol. The lowest BCUT2D eigenvalue weighted by Gasteiger charge is -2.26. The number of nitrogens with zero attached hydrogens (tertiary/aromatic N) is 3. The zero-order valence-corrected chi connectivity index (χ0v) is 18.9. The van der Waals surface area contributed by atoms with E-state index in [1.165, 1.54) is 11.3 Å². The molecule has 1 saturated heterocycles. The van der Waals surface area contributed by atoms with Crippen molar-refractivity contribution in [2.45, 2.75) is 0 Å². The van der Waals surface area contributed by atoms with Gasteiger partial charge in [-0.3, -0.25) is 9.69 Å². The molecule has 1 N–H and O–H groups in total. The molecule has 7 nitrogen and oxygen atoms in total. The number of hydrogen-bond acceptors (Lipinski definition) is 7. The van der Waals surface area contributed by atoms with Crippen LogP contribution in [0.3, 0.4) is 0 Å².